The summed E-state index contributed by atoms with van der Waals surface area (Å²) in [7, 11) is 0. The Balaban J connectivity index is 1.69. The van der Waals surface area contributed by atoms with Gasteiger partial charge in [0.1, 0.15) is 0 Å². The number of H-pyrrole nitrogens is 1. The lowest BCUT2D eigenvalue weighted by atomic mass is 10.1. The van der Waals surface area contributed by atoms with E-state index in [-0.39, 0.29) is 0 Å². The minimum Gasteiger partial charge on any atom is -0.408 e. The third-order valence-corrected chi connectivity index (χ3v) is 3.03. The molecule has 18 heavy (non-hydrogen) atoms. The first-order valence-corrected chi connectivity index (χ1v) is 6.09. The molecule has 2 heterocycles. The van der Waals surface area contributed by atoms with Gasteiger partial charge in [-0.1, -0.05) is 15.7 Å². The minimum absolute atomic E-state index is 0.430. The molecule has 0 bridgehead atoms. The number of nitrogens with zero attached hydrogens (tertiary/aromatic N) is 3. The van der Waals surface area contributed by atoms with E-state index in [1.807, 2.05) is 12.1 Å². The first-order chi connectivity index (χ1) is 8.81. The quantitative estimate of drug-likeness (QED) is 0.729. The smallest absolute Gasteiger partial charge is 0.408 e. The van der Waals surface area contributed by atoms with E-state index < -0.39 is 5.76 Å². The Kier molecular flexibility index (Phi) is 2.77. The molecule has 0 atom stereocenters. The summed E-state index contributed by atoms with van der Waals surface area (Å²) in [5.41, 5.74) is 2.39. The highest BCUT2D eigenvalue weighted by Gasteiger charge is 2.02. The van der Waals surface area contributed by atoms with Crippen molar-refractivity contribution in [3.63, 3.8) is 0 Å². The molecule has 92 valence electrons. The second kappa shape index (κ2) is 4.57. The predicted molar refractivity (Wildman–Crippen MR) is 66.7 cm³/mol. The maximum atomic E-state index is 11.0. The second-order valence-corrected chi connectivity index (χ2v) is 4.42. The molecule has 0 aliphatic rings. The zero-order valence-electron chi connectivity index (χ0n) is 9.21. The van der Waals surface area contributed by atoms with Crippen LogP contribution in [0.1, 0.15) is 5.56 Å². The molecule has 3 aromatic rings. The number of fused-ring (bicyclic) bond motifs is 1. The van der Waals surface area contributed by atoms with Crippen LogP contribution in [-0.4, -0.2) is 26.3 Å². The van der Waals surface area contributed by atoms with Gasteiger partial charge in [0.15, 0.2) is 5.58 Å². The number of rotatable bonds is 4. The summed E-state index contributed by atoms with van der Waals surface area (Å²) in [5, 5.41) is 11.1. The van der Waals surface area contributed by atoms with Crippen molar-refractivity contribution in [2.24, 2.45) is 0 Å². The molecule has 0 unspecified atom stereocenters. The topological polar surface area (TPSA) is 96.7 Å². The first-order valence-electron chi connectivity index (χ1n) is 5.32. The molecule has 0 aliphatic heterocycles. The van der Waals surface area contributed by atoms with Gasteiger partial charge in [-0.2, -0.15) is 0 Å². The first kappa shape index (κ1) is 10.9. The highest BCUT2D eigenvalue weighted by molar-refractivity contribution is 7.09. The lowest BCUT2D eigenvalue weighted by Gasteiger charge is -2.01. The molecule has 3 rings (SSSR count). The van der Waals surface area contributed by atoms with Gasteiger partial charge >= 0.3 is 5.76 Å². The van der Waals surface area contributed by atoms with Gasteiger partial charge in [0.05, 0.1) is 5.52 Å². The molecule has 2 N–H and O–H groups in total. The predicted octanol–water partition coefficient (Wildman–Crippen LogP) is 1.02. The van der Waals surface area contributed by atoms with Crippen LogP contribution in [0, 0.1) is 0 Å². The van der Waals surface area contributed by atoms with Crippen molar-refractivity contribution in [3.05, 3.63) is 34.3 Å². The van der Waals surface area contributed by atoms with E-state index in [0.717, 1.165) is 24.0 Å². The third kappa shape index (κ3) is 2.23. The summed E-state index contributed by atoms with van der Waals surface area (Å²) in [6.45, 7) is 0.727. The molecule has 0 saturated carbocycles. The summed E-state index contributed by atoms with van der Waals surface area (Å²) < 4.78 is 8.59. The molecule has 0 radical (unpaired) electrons. The summed E-state index contributed by atoms with van der Waals surface area (Å²) in [5.74, 6) is -0.430. The molecule has 7 nitrogen and oxygen atoms in total. The number of benzene rings is 1. The van der Waals surface area contributed by atoms with Gasteiger partial charge in [-0.15, -0.1) is 0 Å². The number of hydrogen-bond acceptors (Lipinski definition) is 7. The number of aromatic amines is 1. The van der Waals surface area contributed by atoms with Gasteiger partial charge in [0, 0.05) is 18.1 Å². The number of aromatic nitrogens is 4. The zero-order chi connectivity index (χ0) is 12.4. The molecule has 1 aromatic carbocycles. The fourth-order valence-corrected chi connectivity index (χ4v) is 2.06. The van der Waals surface area contributed by atoms with Crippen LogP contribution < -0.4 is 11.1 Å². The Morgan fingerprint density at radius 1 is 1.44 bits per heavy atom. The van der Waals surface area contributed by atoms with Crippen molar-refractivity contribution < 1.29 is 4.42 Å². The molecule has 8 heteroatoms. The van der Waals surface area contributed by atoms with E-state index >= 15 is 0 Å². The van der Waals surface area contributed by atoms with Gasteiger partial charge in [0.2, 0.25) is 5.13 Å². The highest BCUT2D eigenvalue weighted by atomic mass is 32.1. The third-order valence-electron chi connectivity index (χ3n) is 2.47. The molecular weight excluding hydrogens is 254 g/mol. The van der Waals surface area contributed by atoms with Crippen LogP contribution in [0.3, 0.4) is 0 Å². The van der Waals surface area contributed by atoms with E-state index in [9.17, 15) is 4.79 Å². The largest absolute Gasteiger partial charge is 0.417 e. The van der Waals surface area contributed by atoms with Gasteiger partial charge in [-0.3, -0.25) is 4.98 Å². The van der Waals surface area contributed by atoms with Gasteiger partial charge in [-0.05, 0) is 29.3 Å². The van der Waals surface area contributed by atoms with Crippen molar-refractivity contribution in [2.45, 2.75) is 6.42 Å². The second-order valence-electron chi connectivity index (χ2n) is 3.69. The lowest BCUT2D eigenvalue weighted by Crippen LogP contribution is -2.04. The van der Waals surface area contributed by atoms with Crippen LogP contribution in [0.25, 0.3) is 11.1 Å². The Hall–Kier alpha value is -2.22. The SMILES string of the molecule is O=c1[nH]c2cc(CCNc3nnns3)ccc2o1. The van der Waals surface area contributed by atoms with Crippen LogP contribution in [0.15, 0.2) is 27.4 Å². The Morgan fingerprint density at radius 2 is 2.39 bits per heavy atom. The Labute approximate surface area is 105 Å². The van der Waals surface area contributed by atoms with E-state index in [1.165, 1.54) is 11.5 Å². The molecule has 0 saturated heterocycles. The van der Waals surface area contributed by atoms with Crippen LogP contribution in [0.2, 0.25) is 0 Å². The summed E-state index contributed by atoms with van der Waals surface area (Å²) in [4.78, 5) is 13.6. The summed E-state index contributed by atoms with van der Waals surface area (Å²) >= 11 is 1.22. The van der Waals surface area contributed by atoms with E-state index in [0.29, 0.717) is 10.7 Å². The van der Waals surface area contributed by atoms with Crippen LogP contribution in [0.4, 0.5) is 5.13 Å². The monoisotopic (exact) mass is 263 g/mol. The standard InChI is InChI=1S/C10H9N5O2S/c16-10-12-7-5-6(1-2-8(7)17-10)3-4-11-9-13-14-15-18-9/h1-2,5H,3-4H2,(H,12,16)(H,11,13,15). The van der Waals surface area contributed by atoms with E-state index in [4.69, 9.17) is 4.42 Å². The fourth-order valence-electron chi connectivity index (χ4n) is 1.67. The maximum Gasteiger partial charge on any atom is 0.417 e. The minimum atomic E-state index is -0.430. The van der Waals surface area contributed by atoms with Gasteiger partial charge in [0.25, 0.3) is 0 Å². The average molecular weight is 263 g/mol. The molecular formula is C10H9N5O2S. The Morgan fingerprint density at radius 3 is 3.22 bits per heavy atom. The average Bonchev–Trinajstić information content (AvgIpc) is 2.96. The van der Waals surface area contributed by atoms with Crippen molar-refractivity contribution >= 4 is 27.8 Å². The molecule has 2 aromatic heterocycles. The zero-order valence-corrected chi connectivity index (χ0v) is 10.0. The van der Waals surface area contributed by atoms with Crippen molar-refractivity contribution in [1.29, 1.82) is 0 Å². The van der Waals surface area contributed by atoms with Crippen LogP contribution >= 0.6 is 11.5 Å². The van der Waals surface area contributed by atoms with Crippen LogP contribution in [0.5, 0.6) is 0 Å². The number of anilines is 1. The number of oxazole rings is 1. The molecule has 0 amide bonds. The highest BCUT2D eigenvalue weighted by Crippen LogP contribution is 2.13. The van der Waals surface area contributed by atoms with Crippen LogP contribution in [-0.2, 0) is 6.42 Å². The normalized spacial score (nSPS) is 10.9. The lowest BCUT2D eigenvalue weighted by molar-refractivity contribution is 0.555. The molecule has 0 spiro atoms. The number of nitrogens with one attached hydrogen (secondary N) is 2. The molecule has 0 fully saturated rings. The van der Waals surface area contributed by atoms with E-state index in [1.54, 1.807) is 6.07 Å². The van der Waals surface area contributed by atoms with E-state index in [2.05, 4.69) is 25.1 Å². The molecule has 0 aliphatic carbocycles. The van der Waals surface area contributed by atoms with Crippen molar-refractivity contribution in [1.82, 2.24) is 19.8 Å². The van der Waals surface area contributed by atoms with Gasteiger partial charge in [-0.25, -0.2) is 4.79 Å². The van der Waals surface area contributed by atoms with Gasteiger partial charge < -0.3 is 9.73 Å². The fraction of sp³-hybridized carbons (Fsp3) is 0.200. The van der Waals surface area contributed by atoms with Crippen molar-refractivity contribution in [3.8, 4) is 0 Å². The maximum absolute atomic E-state index is 11.0. The summed E-state index contributed by atoms with van der Waals surface area (Å²) in [6, 6.07) is 5.62. The van der Waals surface area contributed by atoms with Crippen molar-refractivity contribution in [2.75, 3.05) is 11.9 Å². The Bertz CT molecular complexity index is 702. The summed E-state index contributed by atoms with van der Waals surface area (Å²) in [6.07, 6.45) is 0.808. The number of hydrogen-bond donors (Lipinski definition) is 2.